The number of benzene rings is 1. The topological polar surface area (TPSA) is 45.0 Å². The predicted molar refractivity (Wildman–Crippen MR) is 72.4 cm³/mol. The normalized spacial score (nSPS) is 13.2. The molecule has 3 heteroatoms. The molecule has 0 aliphatic heterocycles. The summed E-state index contributed by atoms with van der Waals surface area (Å²) in [4.78, 5) is 0. The van der Waals surface area contributed by atoms with Gasteiger partial charge in [-0.15, -0.1) is 0 Å². The van der Waals surface area contributed by atoms with Gasteiger partial charge >= 0.3 is 0 Å². The van der Waals surface area contributed by atoms with Crippen molar-refractivity contribution in [3.05, 3.63) is 48.4 Å². The van der Waals surface area contributed by atoms with Crippen molar-refractivity contribution < 1.29 is 4.74 Å². The summed E-state index contributed by atoms with van der Waals surface area (Å²) in [7, 11) is 0. The lowest BCUT2D eigenvalue weighted by molar-refractivity contribution is 0.164. The average molecular weight is 244 g/mol. The van der Waals surface area contributed by atoms with Gasteiger partial charge in [-0.3, -0.25) is 0 Å². The van der Waals surface area contributed by atoms with Gasteiger partial charge in [-0.1, -0.05) is 43.7 Å². The molecule has 1 atom stereocenters. The molecule has 1 unspecified atom stereocenters. The summed E-state index contributed by atoms with van der Waals surface area (Å²) in [5.74, 6) is 0.441. The largest absolute Gasteiger partial charge is 0.475 e. The van der Waals surface area contributed by atoms with Gasteiger partial charge in [-0.05, 0) is 25.5 Å². The third-order valence-corrected chi connectivity index (χ3v) is 2.67. The van der Waals surface area contributed by atoms with Gasteiger partial charge in [0.15, 0.2) is 5.88 Å². The first-order chi connectivity index (χ1) is 8.59. The second-order valence-corrected chi connectivity index (χ2v) is 4.52. The van der Waals surface area contributed by atoms with Crippen molar-refractivity contribution in [3.63, 3.8) is 0 Å². The van der Waals surface area contributed by atoms with E-state index in [1.54, 1.807) is 0 Å². The molecule has 1 N–H and O–H groups in total. The zero-order chi connectivity index (χ0) is 13.4. The number of nitrogens with one attached hydrogen (secondary N) is 1. The fourth-order valence-electron chi connectivity index (χ4n) is 1.73. The highest BCUT2D eigenvalue weighted by Gasteiger charge is 2.23. The minimum atomic E-state index is -0.609. The lowest BCUT2D eigenvalue weighted by atomic mass is 9.98. The zero-order valence-electron chi connectivity index (χ0n) is 11.1. The van der Waals surface area contributed by atoms with Gasteiger partial charge in [0.1, 0.15) is 12.1 Å². The predicted octanol–water partition coefficient (Wildman–Crippen LogP) is 3.35. The van der Waals surface area contributed by atoms with Gasteiger partial charge in [0.2, 0.25) is 0 Å². The molecule has 0 radical (unpaired) electrons. The van der Waals surface area contributed by atoms with Gasteiger partial charge in [0, 0.05) is 0 Å². The van der Waals surface area contributed by atoms with E-state index in [4.69, 9.17) is 10.00 Å². The van der Waals surface area contributed by atoms with Gasteiger partial charge < -0.3 is 10.1 Å². The molecule has 18 heavy (non-hydrogen) atoms. The van der Waals surface area contributed by atoms with Gasteiger partial charge in [0.05, 0.1) is 6.07 Å². The minimum absolute atomic E-state index is 0.441. The number of hydrogen-bond donors (Lipinski definition) is 1. The highest BCUT2D eigenvalue weighted by Crippen LogP contribution is 2.13. The fourth-order valence-corrected chi connectivity index (χ4v) is 1.73. The molecule has 1 aromatic carbocycles. The standard InChI is InChI=1S/C15H20N2O/c1-4-10-15(3,12-16)17-13(2)18-11-14-8-6-5-7-9-14/h5-9,17H,2,4,10-11H2,1,3H3. The Morgan fingerprint density at radius 3 is 2.67 bits per heavy atom. The van der Waals surface area contributed by atoms with Crippen LogP contribution in [0.1, 0.15) is 32.3 Å². The number of ether oxygens (including phenoxy) is 1. The van der Waals surface area contributed by atoms with Crippen LogP contribution in [0.15, 0.2) is 42.8 Å². The van der Waals surface area contributed by atoms with E-state index in [0.717, 1.165) is 18.4 Å². The Labute approximate surface area is 109 Å². The summed E-state index contributed by atoms with van der Waals surface area (Å²) < 4.78 is 5.52. The maximum Gasteiger partial charge on any atom is 0.180 e. The highest BCUT2D eigenvalue weighted by molar-refractivity contribution is 5.14. The van der Waals surface area contributed by atoms with E-state index in [2.05, 4.69) is 18.0 Å². The van der Waals surface area contributed by atoms with Crippen LogP contribution < -0.4 is 5.32 Å². The monoisotopic (exact) mass is 244 g/mol. The molecular formula is C15H20N2O. The van der Waals surface area contributed by atoms with Crippen molar-refractivity contribution in [2.24, 2.45) is 0 Å². The molecule has 0 bridgehead atoms. The fraction of sp³-hybridized carbons (Fsp3) is 0.400. The average Bonchev–Trinajstić information content (AvgIpc) is 2.38. The first kappa shape index (κ1) is 14.1. The lowest BCUT2D eigenvalue weighted by Gasteiger charge is -2.25. The third-order valence-electron chi connectivity index (χ3n) is 2.67. The van der Waals surface area contributed by atoms with Gasteiger partial charge in [0.25, 0.3) is 0 Å². The zero-order valence-corrected chi connectivity index (χ0v) is 11.1. The molecule has 0 saturated carbocycles. The third kappa shape index (κ3) is 4.50. The second-order valence-electron chi connectivity index (χ2n) is 4.52. The smallest absolute Gasteiger partial charge is 0.180 e. The molecule has 3 nitrogen and oxygen atoms in total. The van der Waals surface area contributed by atoms with E-state index in [-0.39, 0.29) is 0 Å². The van der Waals surface area contributed by atoms with Crippen LogP contribution in [0.25, 0.3) is 0 Å². The summed E-state index contributed by atoms with van der Waals surface area (Å²) in [6, 6.07) is 12.1. The van der Waals surface area contributed by atoms with Crippen LogP contribution in [0.2, 0.25) is 0 Å². The molecule has 0 saturated heterocycles. The molecule has 0 aromatic heterocycles. The molecule has 0 fully saturated rings. The van der Waals surface area contributed by atoms with Crippen molar-refractivity contribution in [1.82, 2.24) is 5.32 Å². The van der Waals surface area contributed by atoms with Crippen molar-refractivity contribution in [1.29, 1.82) is 5.26 Å². The van der Waals surface area contributed by atoms with E-state index < -0.39 is 5.54 Å². The Bertz CT molecular complexity index is 422. The van der Waals surface area contributed by atoms with Gasteiger partial charge in [-0.25, -0.2) is 0 Å². The van der Waals surface area contributed by atoms with Crippen LogP contribution in [-0.2, 0) is 11.3 Å². The van der Waals surface area contributed by atoms with E-state index in [1.165, 1.54) is 0 Å². The van der Waals surface area contributed by atoms with Crippen molar-refractivity contribution in [2.75, 3.05) is 0 Å². The number of nitrogens with zero attached hydrogens (tertiary/aromatic N) is 1. The molecule has 96 valence electrons. The first-order valence-corrected chi connectivity index (χ1v) is 6.14. The highest BCUT2D eigenvalue weighted by atomic mass is 16.5. The van der Waals surface area contributed by atoms with E-state index >= 15 is 0 Å². The van der Waals surface area contributed by atoms with E-state index in [9.17, 15) is 0 Å². The molecule has 0 aliphatic rings. The van der Waals surface area contributed by atoms with Crippen LogP contribution in [0.5, 0.6) is 0 Å². The van der Waals surface area contributed by atoms with Crippen LogP contribution in [-0.4, -0.2) is 5.54 Å². The SMILES string of the molecule is C=C(NC(C)(C#N)CCC)OCc1ccccc1. The Balaban J connectivity index is 2.45. The molecule has 0 aliphatic carbocycles. The Kier molecular flexibility index (Phi) is 5.26. The Morgan fingerprint density at radius 2 is 2.11 bits per heavy atom. The summed E-state index contributed by atoms with van der Waals surface area (Å²) in [5.41, 5.74) is 0.470. The van der Waals surface area contributed by atoms with E-state index in [0.29, 0.717) is 12.5 Å². The lowest BCUT2D eigenvalue weighted by Crippen LogP contribution is -2.40. The van der Waals surface area contributed by atoms with E-state index in [1.807, 2.05) is 44.2 Å². The number of hydrogen-bond acceptors (Lipinski definition) is 3. The second kappa shape index (κ2) is 6.70. The number of rotatable bonds is 7. The number of nitriles is 1. The summed E-state index contributed by atoms with van der Waals surface area (Å²) in [6.45, 7) is 8.16. The molecule has 0 amide bonds. The maximum absolute atomic E-state index is 9.14. The molecule has 0 spiro atoms. The Morgan fingerprint density at radius 1 is 1.44 bits per heavy atom. The van der Waals surface area contributed by atoms with Crippen LogP contribution in [0, 0.1) is 11.3 Å². The van der Waals surface area contributed by atoms with Crippen molar-refractivity contribution >= 4 is 0 Å². The summed E-state index contributed by atoms with van der Waals surface area (Å²) in [6.07, 6.45) is 1.69. The van der Waals surface area contributed by atoms with Crippen LogP contribution in [0.3, 0.4) is 0 Å². The summed E-state index contributed by atoms with van der Waals surface area (Å²) in [5, 5.41) is 12.2. The Hall–Kier alpha value is -1.95. The van der Waals surface area contributed by atoms with Crippen molar-refractivity contribution in [3.8, 4) is 6.07 Å². The molecule has 1 rings (SSSR count). The molecular weight excluding hydrogens is 224 g/mol. The first-order valence-electron chi connectivity index (χ1n) is 6.14. The quantitative estimate of drug-likeness (QED) is 0.748. The molecule has 0 heterocycles. The maximum atomic E-state index is 9.14. The van der Waals surface area contributed by atoms with Crippen molar-refractivity contribution in [2.45, 2.75) is 38.8 Å². The van der Waals surface area contributed by atoms with Crippen LogP contribution in [0.4, 0.5) is 0 Å². The molecule has 1 aromatic rings. The van der Waals surface area contributed by atoms with Gasteiger partial charge in [-0.2, -0.15) is 5.26 Å². The van der Waals surface area contributed by atoms with Crippen LogP contribution >= 0.6 is 0 Å². The summed E-state index contributed by atoms with van der Waals surface area (Å²) >= 11 is 0. The minimum Gasteiger partial charge on any atom is -0.475 e.